The van der Waals surface area contributed by atoms with Gasteiger partial charge in [0, 0.05) is 5.75 Å². The van der Waals surface area contributed by atoms with Crippen LogP contribution in [0.15, 0.2) is 23.4 Å². The molecule has 1 unspecified atom stereocenters. The molecule has 1 N–H and O–H groups in total. The average Bonchev–Trinajstić information content (AvgIpc) is 2.71. The molecule has 1 aliphatic heterocycles. The fraction of sp³-hybridized carbons (Fsp3) is 0.273. The van der Waals surface area contributed by atoms with Gasteiger partial charge < -0.3 is 5.11 Å². The van der Waals surface area contributed by atoms with Crippen LogP contribution in [0.4, 0.5) is 0 Å². The molecule has 4 nitrogen and oxygen atoms in total. The minimum absolute atomic E-state index is 0.390. The third kappa shape index (κ3) is 2.12. The van der Waals surface area contributed by atoms with Gasteiger partial charge in [-0.3, -0.25) is 0 Å². The molecule has 1 aliphatic rings. The van der Waals surface area contributed by atoms with Crippen LogP contribution in [0.5, 0.6) is 0 Å². The fourth-order valence-electron chi connectivity index (χ4n) is 1.79. The monoisotopic (exact) mass is 301 g/mol. The van der Waals surface area contributed by atoms with Crippen LogP contribution in [-0.4, -0.2) is 31.7 Å². The van der Waals surface area contributed by atoms with Crippen molar-refractivity contribution in [3.05, 3.63) is 28.2 Å². The molecule has 0 radical (unpaired) electrons. The van der Waals surface area contributed by atoms with E-state index in [4.69, 9.17) is 23.2 Å². The summed E-state index contributed by atoms with van der Waals surface area (Å²) in [5, 5.41) is 15.8. The predicted octanol–water partition coefficient (Wildman–Crippen LogP) is 2.72. The first-order valence-corrected chi connectivity index (χ1v) is 7.09. The second-order valence-electron chi connectivity index (χ2n) is 3.96. The summed E-state index contributed by atoms with van der Waals surface area (Å²) in [7, 11) is 0. The number of hydrogen-bond donors (Lipinski definition) is 1. The summed E-state index contributed by atoms with van der Waals surface area (Å²) in [5.41, 5.74) is 0.637. The number of aliphatic hydroxyl groups is 1. The molecule has 0 amide bonds. The highest BCUT2D eigenvalue weighted by molar-refractivity contribution is 7.99. The van der Waals surface area contributed by atoms with Gasteiger partial charge in [-0.05, 0) is 12.1 Å². The van der Waals surface area contributed by atoms with Crippen molar-refractivity contribution in [2.75, 3.05) is 5.75 Å². The standard InChI is InChI=1S/C11H9Cl2N3OS/c12-7-2-1-3-8(13)9(7)10-14-11-16(15-10)4-6(17)5-18-11/h1-3,6,17H,4-5H2. The number of thioether (sulfide) groups is 1. The SMILES string of the molecule is OC1CSc2nc(-c3c(Cl)cccc3Cl)nn2C1. The van der Waals surface area contributed by atoms with Crippen LogP contribution in [0, 0.1) is 0 Å². The molecule has 0 saturated carbocycles. The first-order valence-electron chi connectivity index (χ1n) is 5.35. The van der Waals surface area contributed by atoms with Gasteiger partial charge in [0.1, 0.15) is 0 Å². The second kappa shape index (κ2) is 4.74. The van der Waals surface area contributed by atoms with Gasteiger partial charge in [0.05, 0.1) is 28.3 Å². The highest BCUT2D eigenvalue weighted by Crippen LogP contribution is 2.34. The molecule has 0 fully saturated rings. The van der Waals surface area contributed by atoms with Crippen LogP contribution in [-0.2, 0) is 6.54 Å². The molecule has 94 valence electrons. The van der Waals surface area contributed by atoms with Crippen LogP contribution < -0.4 is 0 Å². The highest BCUT2D eigenvalue weighted by Gasteiger charge is 2.22. The Hall–Kier alpha value is -0.750. The minimum Gasteiger partial charge on any atom is -0.390 e. The third-order valence-electron chi connectivity index (χ3n) is 2.61. The maximum atomic E-state index is 9.58. The van der Waals surface area contributed by atoms with E-state index in [1.54, 1.807) is 22.9 Å². The third-order valence-corrected chi connectivity index (χ3v) is 4.35. The number of benzene rings is 1. The molecule has 0 spiro atoms. The molecule has 7 heteroatoms. The number of hydrogen-bond acceptors (Lipinski definition) is 4. The van der Waals surface area contributed by atoms with Gasteiger partial charge in [-0.1, -0.05) is 41.0 Å². The quantitative estimate of drug-likeness (QED) is 0.880. The zero-order valence-electron chi connectivity index (χ0n) is 9.18. The highest BCUT2D eigenvalue weighted by atomic mass is 35.5. The molecule has 3 rings (SSSR count). The van der Waals surface area contributed by atoms with E-state index in [-0.39, 0.29) is 0 Å². The molecule has 1 aromatic carbocycles. The summed E-state index contributed by atoms with van der Waals surface area (Å²) in [5.74, 6) is 1.14. The number of nitrogens with zero attached hydrogens (tertiary/aromatic N) is 3. The molecule has 18 heavy (non-hydrogen) atoms. The zero-order valence-corrected chi connectivity index (χ0v) is 11.5. The second-order valence-corrected chi connectivity index (χ2v) is 5.76. The molecule has 1 aromatic heterocycles. The fourth-order valence-corrected chi connectivity index (χ4v) is 3.22. The van der Waals surface area contributed by atoms with Crippen molar-refractivity contribution in [1.82, 2.24) is 14.8 Å². The number of aromatic nitrogens is 3. The van der Waals surface area contributed by atoms with Crippen molar-refractivity contribution >= 4 is 35.0 Å². The smallest absolute Gasteiger partial charge is 0.186 e. The maximum Gasteiger partial charge on any atom is 0.186 e. The van der Waals surface area contributed by atoms with Gasteiger partial charge in [-0.15, -0.1) is 5.10 Å². The summed E-state index contributed by atoms with van der Waals surface area (Å²) in [6.07, 6.45) is -0.390. The van der Waals surface area contributed by atoms with Crippen LogP contribution in [0.1, 0.15) is 0 Å². The van der Waals surface area contributed by atoms with Crippen molar-refractivity contribution in [1.29, 1.82) is 0 Å². The Morgan fingerprint density at radius 2 is 2.06 bits per heavy atom. The molecule has 0 saturated heterocycles. The van der Waals surface area contributed by atoms with Gasteiger partial charge in [0.25, 0.3) is 0 Å². The summed E-state index contributed by atoms with van der Waals surface area (Å²) >= 11 is 13.7. The topological polar surface area (TPSA) is 50.9 Å². The number of aliphatic hydroxyl groups excluding tert-OH is 1. The largest absolute Gasteiger partial charge is 0.390 e. The molecule has 0 aliphatic carbocycles. The van der Waals surface area contributed by atoms with E-state index < -0.39 is 6.10 Å². The lowest BCUT2D eigenvalue weighted by molar-refractivity contribution is 0.164. The van der Waals surface area contributed by atoms with E-state index in [0.717, 1.165) is 5.16 Å². The number of rotatable bonds is 1. The van der Waals surface area contributed by atoms with Gasteiger partial charge in [0.15, 0.2) is 11.0 Å². The van der Waals surface area contributed by atoms with E-state index in [2.05, 4.69) is 10.1 Å². The lowest BCUT2D eigenvalue weighted by Crippen LogP contribution is -2.24. The van der Waals surface area contributed by atoms with Gasteiger partial charge in [0.2, 0.25) is 0 Å². The van der Waals surface area contributed by atoms with Crippen molar-refractivity contribution in [2.45, 2.75) is 17.8 Å². The van der Waals surface area contributed by atoms with E-state index in [0.29, 0.717) is 33.7 Å². The minimum atomic E-state index is -0.390. The summed E-state index contributed by atoms with van der Waals surface area (Å²) in [4.78, 5) is 4.41. The molecule has 2 heterocycles. The van der Waals surface area contributed by atoms with Crippen molar-refractivity contribution < 1.29 is 5.11 Å². The Morgan fingerprint density at radius 1 is 1.33 bits per heavy atom. The summed E-state index contributed by atoms with van der Waals surface area (Å²) < 4.78 is 1.69. The molecular formula is C11H9Cl2N3OS. The predicted molar refractivity (Wildman–Crippen MR) is 72.2 cm³/mol. The van der Waals surface area contributed by atoms with E-state index in [1.807, 2.05) is 0 Å². The summed E-state index contributed by atoms with van der Waals surface area (Å²) in [6, 6.07) is 5.29. The normalized spacial score (nSPS) is 18.7. The average molecular weight is 302 g/mol. The van der Waals surface area contributed by atoms with Crippen LogP contribution in [0.25, 0.3) is 11.4 Å². The van der Waals surface area contributed by atoms with Crippen molar-refractivity contribution in [2.24, 2.45) is 0 Å². The first-order chi connectivity index (χ1) is 8.65. The van der Waals surface area contributed by atoms with Crippen LogP contribution in [0.2, 0.25) is 10.0 Å². The molecule has 0 bridgehead atoms. The van der Waals surface area contributed by atoms with Gasteiger partial charge >= 0.3 is 0 Å². The van der Waals surface area contributed by atoms with E-state index in [1.165, 1.54) is 11.8 Å². The maximum absolute atomic E-state index is 9.58. The van der Waals surface area contributed by atoms with E-state index in [9.17, 15) is 5.11 Å². The van der Waals surface area contributed by atoms with Crippen LogP contribution in [0.3, 0.4) is 0 Å². The Bertz CT molecular complexity index is 582. The van der Waals surface area contributed by atoms with Gasteiger partial charge in [-0.25, -0.2) is 9.67 Å². The summed E-state index contributed by atoms with van der Waals surface area (Å²) in [6.45, 7) is 0.456. The van der Waals surface area contributed by atoms with Crippen molar-refractivity contribution in [3.63, 3.8) is 0 Å². The van der Waals surface area contributed by atoms with Gasteiger partial charge in [-0.2, -0.15) is 0 Å². The lowest BCUT2D eigenvalue weighted by atomic mass is 10.2. The Kier molecular flexibility index (Phi) is 3.23. The van der Waals surface area contributed by atoms with E-state index >= 15 is 0 Å². The Labute approximate surface area is 118 Å². The van der Waals surface area contributed by atoms with Crippen LogP contribution >= 0.6 is 35.0 Å². The molecule has 1 atom stereocenters. The van der Waals surface area contributed by atoms with Crippen molar-refractivity contribution in [3.8, 4) is 11.4 Å². The molecule has 2 aromatic rings. The molecular weight excluding hydrogens is 293 g/mol. The Balaban J connectivity index is 2.08. The Morgan fingerprint density at radius 3 is 2.78 bits per heavy atom. The zero-order chi connectivity index (χ0) is 12.7. The number of halogens is 2. The number of fused-ring (bicyclic) bond motifs is 1. The lowest BCUT2D eigenvalue weighted by Gasteiger charge is -2.16. The first kappa shape index (κ1) is 12.3.